The second-order valence-electron chi connectivity index (χ2n) is 6.21. The van der Waals surface area contributed by atoms with Gasteiger partial charge in [0.25, 0.3) is 0 Å². The Hall–Kier alpha value is -0.330. The van der Waals surface area contributed by atoms with Gasteiger partial charge >= 0.3 is 0 Å². The molecule has 1 fully saturated rings. The molecule has 3 nitrogen and oxygen atoms in total. The number of nitrogens with zero attached hydrogens (tertiary/aromatic N) is 1. The van der Waals surface area contributed by atoms with Crippen molar-refractivity contribution in [2.45, 2.75) is 56.5 Å². The zero-order chi connectivity index (χ0) is 15.0. The third kappa shape index (κ3) is 3.46. The molecule has 1 aliphatic rings. The predicted molar refractivity (Wildman–Crippen MR) is 83.4 cm³/mol. The van der Waals surface area contributed by atoms with Crippen LogP contribution in [-0.2, 0) is 11.0 Å². The standard InChI is InChI=1S/C14H20BrFN2OS/c1-13(2,3)20(19)18-12(14(16)8-5-9-14)10-6-4-7-11(15)17-10/h4,6-7,12,18H,5,8-9H2,1-3H3/t12-,20?/m1/s1. The van der Waals surface area contributed by atoms with Crippen LogP contribution in [0.4, 0.5) is 4.39 Å². The zero-order valence-electron chi connectivity index (χ0n) is 12.0. The topological polar surface area (TPSA) is 42.0 Å². The van der Waals surface area contributed by atoms with Crippen LogP contribution in [0.3, 0.4) is 0 Å². The van der Waals surface area contributed by atoms with Crippen molar-refractivity contribution in [1.82, 2.24) is 9.71 Å². The molecule has 20 heavy (non-hydrogen) atoms. The number of hydrogen-bond donors (Lipinski definition) is 1. The minimum atomic E-state index is -1.35. The molecule has 6 heteroatoms. The maximum absolute atomic E-state index is 14.9. The highest BCUT2D eigenvalue weighted by Crippen LogP contribution is 2.45. The Morgan fingerprint density at radius 1 is 1.45 bits per heavy atom. The molecule has 1 heterocycles. The minimum absolute atomic E-state index is 0.440. The number of rotatable bonds is 4. The molecular formula is C14H20BrFN2OS. The molecule has 1 N–H and O–H groups in total. The van der Waals surface area contributed by atoms with Crippen LogP contribution in [-0.4, -0.2) is 19.6 Å². The Labute approximate surface area is 130 Å². The number of nitrogens with one attached hydrogen (secondary N) is 1. The molecule has 2 atom stereocenters. The third-order valence-corrected chi connectivity index (χ3v) is 5.52. The monoisotopic (exact) mass is 362 g/mol. The van der Waals surface area contributed by atoms with Crippen LogP contribution >= 0.6 is 15.9 Å². The van der Waals surface area contributed by atoms with E-state index in [1.165, 1.54) is 0 Å². The van der Waals surface area contributed by atoms with E-state index in [0.717, 1.165) is 6.42 Å². The van der Waals surface area contributed by atoms with Gasteiger partial charge in [-0.25, -0.2) is 18.3 Å². The molecule has 1 aromatic rings. The van der Waals surface area contributed by atoms with Crippen LogP contribution in [0, 0.1) is 0 Å². The largest absolute Gasteiger partial charge is 0.244 e. The van der Waals surface area contributed by atoms with E-state index in [0.29, 0.717) is 23.1 Å². The van der Waals surface area contributed by atoms with E-state index >= 15 is 0 Å². The van der Waals surface area contributed by atoms with E-state index in [1.54, 1.807) is 12.1 Å². The van der Waals surface area contributed by atoms with Crippen LogP contribution in [0.2, 0.25) is 0 Å². The SMILES string of the molecule is CC(C)(C)S(=O)N[C@H](c1cccc(Br)n1)C1(F)CCC1. The lowest BCUT2D eigenvalue weighted by atomic mass is 9.75. The summed E-state index contributed by atoms with van der Waals surface area (Å²) in [5.41, 5.74) is -0.756. The molecule has 2 rings (SSSR count). The van der Waals surface area contributed by atoms with Crippen molar-refractivity contribution in [3.05, 3.63) is 28.5 Å². The average Bonchev–Trinajstić information content (AvgIpc) is 2.31. The fourth-order valence-corrected chi connectivity index (χ4v) is 3.36. The summed E-state index contributed by atoms with van der Waals surface area (Å²) in [5.74, 6) is 0. The molecular weight excluding hydrogens is 343 g/mol. The lowest BCUT2D eigenvalue weighted by Crippen LogP contribution is -2.49. The maximum Gasteiger partial charge on any atom is 0.132 e. The molecule has 0 spiro atoms. The highest BCUT2D eigenvalue weighted by atomic mass is 79.9. The van der Waals surface area contributed by atoms with E-state index in [2.05, 4.69) is 25.6 Å². The number of pyridine rings is 1. The molecule has 0 aliphatic heterocycles. The van der Waals surface area contributed by atoms with Crippen molar-refractivity contribution >= 4 is 26.9 Å². The van der Waals surface area contributed by atoms with E-state index in [9.17, 15) is 8.60 Å². The summed E-state index contributed by atoms with van der Waals surface area (Å²) in [6.45, 7) is 5.60. The summed E-state index contributed by atoms with van der Waals surface area (Å²) < 4.78 is 30.4. The number of halogens is 2. The van der Waals surface area contributed by atoms with E-state index in [-0.39, 0.29) is 0 Å². The van der Waals surface area contributed by atoms with Crippen molar-refractivity contribution in [1.29, 1.82) is 0 Å². The number of alkyl halides is 1. The van der Waals surface area contributed by atoms with Crippen molar-refractivity contribution in [2.24, 2.45) is 0 Å². The van der Waals surface area contributed by atoms with Crippen molar-refractivity contribution in [2.75, 3.05) is 0 Å². The predicted octanol–water partition coefficient (Wildman–Crippen LogP) is 3.83. The molecule has 1 aliphatic carbocycles. The van der Waals surface area contributed by atoms with Gasteiger partial charge in [-0.1, -0.05) is 6.07 Å². The maximum atomic E-state index is 14.9. The van der Waals surface area contributed by atoms with Gasteiger partial charge in [0.2, 0.25) is 0 Å². The fraction of sp³-hybridized carbons (Fsp3) is 0.643. The summed E-state index contributed by atoms with van der Waals surface area (Å²) >= 11 is 3.31. The third-order valence-electron chi connectivity index (χ3n) is 3.52. The Balaban J connectivity index is 2.29. The van der Waals surface area contributed by atoms with Gasteiger partial charge in [-0.05, 0) is 68.1 Å². The van der Waals surface area contributed by atoms with Gasteiger partial charge in [-0.3, -0.25) is 0 Å². The van der Waals surface area contributed by atoms with E-state index < -0.39 is 27.4 Å². The lowest BCUT2D eigenvalue weighted by molar-refractivity contribution is 0.0267. The molecule has 112 valence electrons. The molecule has 1 unspecified atom stereocenters. The van der Waals surface area contributed by atoms with Gasteiger partial charge in [0.15, 0.2) is 0 Å². The van der Waals surface area contributed by atoms with Gasteiger partial charge in [-0.15, -0.1) is 0 Å². The lowest BCUT2D eigenvalue weighted by Gasteiger charge is -2.41. The van der Waals surface area contributed by atoms with Gasteiger partial charge in [0.05, 0.1) is 27.5 Å². The molecule has 1 saturated carbocycles. The fourth-order valence-electron chi connectivity index (χ4n) is 2.10. The number of aromatic nitrogens is 1. The molecule has 0 bridgehead atoms. The Morgan fingerprint density at radius 3 is 2.55 bits per heavy atom. The quantitative estimate of drug-likeness (QED) is 0.827. The van der Waals surface area contributed by atoms with Crippen LogP contribution < -0.4 is 4.72 Å². The number of hydrogen-bond acceptors (Lipinski definition) is 2. The normalized spacial score (nSPS) is 21.1. The van der Waals surface area contributed by atoms with Gasteiger partial charge in [0.1, 0.15) is 10.3 Å². The second kappa shape index (κ2) is 5.81. The first-order valence-electron chi connectivity index (χ1n) is 6.72. The minimum Gasteiger partial charge on any atom is -0.244 e. The highest BCUT2D eigenvalue weighted by Gasteiger charge is 2.47. The van der Waals surface area contributed by atoms with E-state index in [1.807, 2.05) is 26.8 Å². The average molecular weight is 363 g/mol. The summed E-state index contributed by atoms with van der Waals surface area (Å²) in [6, 6.07) is 4.77. The van der Waals surface area contributed by atoms with Crippen LogP contribution in [0.25, 0.3) is 0 Å². The molecule has 0 saturated heterocycles. The van der Waals surface area contributed by atoms with Gasteiger partial charge in [-0.2, -0.15) is 0 Å². The summed E-state index contributed by atoms with van der Waals surface area (Å²) in [4.78, 5) is 4.34. The van der Waals surface area contributed by atoms with E-state index in [4.69, 9.17) is 0 Å². The van der Waals surface area contributed by atoms with Crippen LogP contribution in [0.15, 0.2) is 22.8 Å². The first-order valence-corrected chi connectivity index (χ1v) is 8.66. The Morgan fingerprint density at radius 2 is 2.10 bits per heavy atom. The van der Waals surface area contributed by atoms with Crippen molar-refractivity contribution in [3.8, 4) is 0 Å². The van der Waals surface area contributed by atoms with Crippen LogP contribution in [0.1, 0.15) is 51.8 Å². The molecule has 0 radical (unpaired) electrons. The van der Waals surface area contributed by atoms with Gasteiger partial charge in [0, 0.05) is 0 Å². The Bertz CT molecular complexity index is 514. The molecule has 0 aromatic carbocycles. The second-order valence-corrected chi connectivity index (χ2v) is 9.02. The van der Waals surface area contributed by atoms with Gasteiger partial charge < -0.3 is 0 Å². The first-order chi connectivity index (χ1) is 9.22. The van der Waals surface area contributed by atoms with Crippen molar-refractivity contribution < 1.29 is 8.60 Å². The zero-order valence-corrected chi connectivity index (χ0v) is 14.4. The van der Waals surface area contributed by atoms with Crippen molar-refractivity contribution in [3.63, 3.8) is 0 Å². The summed E-state index contributed by atoms with van der Waals surface area (Å²) in [5, 5.41) is 0. The highest BCUT2D eigenvalue weighted by molar-refractivity contribution is 9.10. The summed E-state index contributed by atoms with van der Waals surface area (Å²) in [6.07, 6.45) is 1.84. The molecule has 0 amide bonds. The smallest absolute Gasteiger partial charge is 0.132 e. The Kier molecular flexibility index (Phi) is 4.66. The van der Waals surface area contributed by atoms with Crippen LogP contribution in [0.5, 0.6) is 0 Å². The first kappa shape index (κ1) is 16.0. The molecule has 1 aromatic heterocycles. The summed E-state index contributed by atoms with van der Waals surface area (Å²) in [7, 11) is -1.33.